The van der Waals surface area contributed by atoms with E-state index in [0.717, 1.165) is 36.7 Å². The number of aromatic amines is 1. The quantitative estimate of drug-likeness (QED) is 0.276. The summed E-state index contributed by atoms with van der Waals surface area (Å²) in [5, 5.41) is 19.2. The van der Waals surface area contributed by atoms with Crippen molar-refractivity contribution in [3.63, 3.8) is 0 Å². The lowest BCUT2D eigenvalue weighted by molar-refractivity contribution is -0.124. The maximum atomic E-state index is 11.1. The highest BCUT2D eigenvalue weighted by Gasteiger charge is 2.17. The second-order valence-electron chi connectivity index (χ2n) is 6.16. The molecule has 0 aliphatic heterocycles. The molecule has 1 aliphatic rings. The van der Waals surface area contributed by atoms with Crippen LogP contribution in [0, 0.1) is 0 Å². The first-order valence-corrected chi connectivity index (χ1v) is 8.63. The van der Waals surface area contributed by atoms with Crippen LogP contribution in [0.1, 0.15) is 43.1 Å². The van der Waals surface area contributed by atoms with Crippen molar-refractivity contribution < 1.29 is 14.7 Å². The first-order valence-electron chi connectivity index (χ1n) is 8.63. The molecule has 0 radical (unpaired) electrons. The van der Waals surface area contributed by atoms with Crippen molar-refractivity contribution in [2.45, 2.75) is 31.7 Å². The average Bonchev–Trinajstić information content (AvgIpc) is 3.30. The summed E-state index contributed by atoms with van der Waals surface area (Å²) in [5.74, 6) is -0.612. The van der Waals surface area contributed by atoms with Crippen LogP contribution in [0.5, 0.6) is 0 Å². The van der Waals surface area contributed by atoms with E-state index >= 15 is 0 Å². The number of methoxy groups -OCH3 is 1. The Bertz CT molecular complexity index is 863. The largest absolute Gasteiger partial charge is 0.385 e. The van der Waals surface area contributed by atoms with Crippen molar-refractivity contribution in [3.05, 3.63) is 40.3 Å². The van der Waals surface area contributed by atoms with Crippen LogP contribution in [0.25, 0.3) is 18.2 Å². The summed E-state index contributed by atoms with van der Waals surface area (Å²) in [4.78, 5) is 14.6. The van der Waals surface area contributed by atoms with E-state index in [1.807, 2.05) is 0 Å². The fourth-order valence-electron chi connectivity index (χ4n) is 3.06. The minimum atomic E-state index is -0.612. The molecule has 8 heteroatoms. The molecule has 0 bridgehead atoms. The normalized spacial score (nSPS) is 14.5. The topological polar surface area (TPSA) is 105 Å². The van der Waals surface area contributed by atoms with Gasteiger partial charge in [0.15, 0.2) is 0 Å². The van der Waals surface area contributed by atoms with Gasteiger partial charge in [-0.3, -0.25) is 10.0 Å². The summed E-state index contributed by atoms with van der Waals surface area (Å²) >= 11 is 0. The summed E-state index contributed by atoms with van der Waals surface area (Å²) in [5.41, 5.74) is 3.17. The van der Waals surface area contributed by atoms with Crippen molar-refractivity contribution in [1.29, 1.82) is 0 Å². The number of hydroxylamine groups is 1. The van der Waals surface area contributed by atoms with Crippen molar-refractivity contribution in [2.24, 2.45) is 0 Å². The molecule has 0 saturated heterocycles. The maximum Gasteiger partial charge on any atom is 0.267 e. The predicted molar refractivity (Wildman–Crippen MR) is 96.4 cm³/mol. The van der Waals surface area contributed by atoms with E-state index in [-0.39, 0.29) is 6.04 Å². The Morgan fingerprint density at radius 2 is 2.35 bits per heavy atom. The molecule has 26 heavy (non-hydrogen) atoms. The third-order valence-corrected chi connectivity index (χ3v) is 4.33. The number of fused-ring (bicyclic) bond motifs is 1. The Labute approximate surface area is 150 Å². The van der Waals surface area contributed by atoms with E-state index in [0.29, 0.717) is 12.3 Å². The molecule has 0 aromatic carbocycles. The Balaban J connectivity index is 1.87. The number of nitrogens with one attached hydrogen (secondary N) is 2. The predicted octanol–water partition coefficient (Wildman–Crippen LogP) is 0.496. The molecule has 1 aliphatic carbocycles. The summed E-state index contributed by atoms with van der Waals surface area (Å²) in [6, 6.07) is 2.16. The van der Waals surface area contributed by atoms with Crippen molar-refractivity contribution in [2.75, 3.05) is 13.7 Å². The van der Waals surface area contributed by atoms with Crippen LogP contribution >= 0.6 is 0 Å². The molecular formula is C18H23N5O3. The third kappa shape index (κ3) is 4.27. The summed E-state index contributed by atoms with van der Waals surface area (Å²) in [6.45, 7) is 0.674. The summed E-state index contributed by atoms with van der Waals surface area (Å²) < 4.78 is 6.98. The van der Waals surface area contributed by atoms with Crippen LogP contribution in [0.4, 0.5) is 0 Å². The molecule has 0 fully saturated rings. The van der Waals surface area contributed by atoms with E-state index < -0.39 is 5.91 Å². The van der Waals surface area contributed by atoms with E-state index in [1.54, 1.807) is 23.5 Å². The van der Waals surface area contributed by atoms with Crippen LogP contribution in [0.3, 0.4) is 0 Å². The van der Waals surface area contributed by atoms with Gasteiger partial charge in [0.25, 0.3) is 5.91 Å². The molecule has 0 saturated carbocycles. The number of nitrogens with zero attached hydrogens (tertiary/aromatic N) is 3. The zero-order valence-corrected chi connectivity index (χ0v) is 14.7. The molecule has 1 amide bonds. The van der Waals surface area contributed by atoms with Crippen LogP contribution in [0.2, 0.25) is 0 Å². The Kier molecular flexibility index (Phi) is 5.98. The number of carbonyl (C=O) groups is 1. The Morgan fingerprint density at radius 1 is 1.50 bits per heavy atom. The Hall–Kier alpha value is -2.71. The number of carbonyl (C=O) groups excluding carboxylic acids is 1. The van der Waals surface area contributed by atoms with E-state index in [4.69, 9.17) is 9.94 Å². The van der Waals surface area contributed by atoms with E-state index in [9.17, 15) is 4.79 Å². The van der Waals surface area contributed by atoms with Crippen molar-refractivity contribution >= 4 is 24.1 Å². The minimum Gasteiger partial charge on any atom is -0.385 e. The zero-order chi connectivity index (χ0) is 18.4. The highest BCUT2D eigenvalue weighted by Crippen LogP contribution is 2.20. The summed E-state index contributed by atoms with van der Waals surface area (Å²) in [7, 11) is 1.69. The third-order valence-electron chi connectivity index (χ3n) is 4.33. The van der Waals surface area contributed by atoms with Gasteiger partial charge in [-0.2, -0.15) is 0 Å². The van der Waals surface area contributed by atoms with Crippen LogP contribution in [-0.4, -0.2) is 44.8 Å². The second-order valence-corrected chi connectivity index (χ2v) is 6.16. The van der Waals surface area contributed by atoms with E-state index in [2.05, 4.69) is 33.5 Å². The molecule has 1 atom stereocenters. The Morgan fingerprint density at radius 3 is 3.12 bits per heavy atom. The van der Waals surface area contributed by atoms with Crippen LogP contribution in [0.15, 0.2) is 18.3 Å². The smallest absolute Gasteiger partial charge is 0.267 e. The second kappa shape index (κ2) is 8.59. The van der Waals surface area contributed by atoms with Gasteiger partial charge in [0.2, 0.25) is 0 Å². The molecule has 138 valence electrons. The van der Waals surface area contributed by atoms with Gasteiger partial charge in [0.05, 0.1) is 12.2 Å². The standard InChI is InChI=1S/C18H23N5O3/c1-26-10-4-7-17(16-11-13-5-2-3-6-15(13)19-16)23-12-14(20-22-23)8-9-18(24)21-25/h5-6,8-9,11-12,17,19,25H,2-4,7,10H2,1H3,(H,21,24). The molecule has 0 spiro atoms. The SMILES string of the molecule is COCCCC(c1cc2c([nH]1)=CCCC=2)n1cc(C=CC(=O)NO)nn1. The number of ether oxygens (including phenoxy) is 1. The molecule has 3 rings (SSSR count). The number of amides is 1. The number of hydrogen-bond donors (Lipinski definition) is 3. The highest BCUT2D eigenvalue weighted by molar-refractivity contribution is 5.90. The average molecular weight is 357 g/mol. The molecule has 1 unspecified atom stereocenters. The van der Waals surface area contributed by atoms with Gasteiger partial charge in [0, 0.05) is 30.8 Å². The molecule has 2 aromatic heterocycles. The number of hydrogen-bond acceptors (Lipinski definition) is 5. The molecule has 2 heterocycles. The van der Waals surface area contributed by atoms with Crippen LogP contribution in [-0.2, 0) is 9.53 Å². The molecule has 3 N–H and O–H groups in total. The van der Waals surface area contributed by atoms with Crippen molar-refractivity contribution in [1.82, 2.24) is 25.5 Å². The van der Waals surface area contributed by atoms with E-state index in [1.165, 1.54) is 17.4 Å². The maximum absolute atomic E-state index is 11.1. The lowest BCUT2D eigenvalue weighted by Gasteiger charge is -2.15. The number of H-pyrrole nitrogens is 1. The lowest BCUT2D eigenvalue weighted by atomic mass is 10.1. The number of aromatic nitrogens is 4. The van der Waals surface area contributed by atoms with Gasteiger partial charge in [-0.1, -0.05) is 17.4 Å². The van der Waals surface area contributed by atoms with Crippen LogP contribution < -0.4 is 16.0 Å². The monoisotopic (exact) mass is 357 g/mol. The van der Waals surface area contributed by atoms with Crippen molar-refractivity contribution in [3.8, 4) is 0 Å². The zero-order valence-electron chi connectivity index (χ0n) is 14.7. The van der Waals surface area contributed by atoms with Gasteiger partial charge < -0.3 is 9.72 Å². The number of rotatable bonds is 8. The molecule has 2 aromatic rings. The van der Waals surface area contributed by atoms with Gasteiger partial charge in [-0.15, -0.1) is 5.10 Å². The van der Waals surface area contributed by atoms with Gasteiger partial charge in [0.1, 0.15) is 5.69 Å². The van der Waals surface area contributed by atoms with Gasteiger partial charge in [-0.05, 0) is 43.0 Å². The first kappa shape index (κ1) is 18.1. The van der Waals surface area contributed by atoms with Gasteiger partial charge >= 0.3 is 0 Å². The summed E-state index contributed by atoms with van der Waals surface area (Å²) in [6.07, 6.45) is 12.8. The first-order chi connectivity index (χ1) is 12.7. The fourth-order valence-corrected chi connectivity index (χ4v) is 3.06. The fraction of sp³-hybridized carbons (Fsp3) is 0.389. The molecular weight excluding hydrogens is 334 g/mol. The minimum absolute atomic E-state index is 0.00105. The highest BCUT2D eigenvalue weighted by atomic mass is 16.5. The van der Waals surface area contributed by atoms with Gasteiger partial charge in [-0.25, -0.2) is 10.2 Å². The molecule has 8 nitrogen and oxygen atoms in total. The lowest BCUT2D eigenvalue weighted by Crippen LogP contribution is -2.24.